The van der Waals surface area contributed by atoms with E-state index in [1.807, 2.05) is 0 Å². The smallest absolute Gasteiger partial charge is 0 e. The molecule has 0 nitrogen and oxygen atoms in total. The summed E-state index contributed by atoms with van der Waals surface area (Å²) in [5.41, 5.74) is 0. The first-order valence-electron chi connectivity index (χ1n) is 3.45. The van der Waals surface area contributed by atoms with E-state index in [4.69, 9.17) is 0 Å². The van der Waals surface area contributed by atoms with Crippen molar-refractivity contribution in [1.82, 2.24) is 0 Å². The molecule has 0 aliphatic heterocycles. The van der Waals surface area contributed by atoms with Gasteiger partial charge in [-0.05, 0) is 0 Å². The van der Waals surface area contributed by atoms with E-state index >= 15 is 0 Å². The molecule has 62 valence electrons. The van der Waals surface area contributed by atoms with Crippen LogP contribution >= 0.6 is 0 Å². The predicted octanol–water partition coefficient (Wildman–Crippen LogP) is 2.91. The molecule has 0 N–H and O–H groups in total. The molecule has 0 aromatic rings. The molecule has 1 saturated carbocycles. The van der Waals surface area contributed by atoms with Crippen LogP contribution in [-0.2, 0) is 65.4 Å². The van der Waals surface area contributed by atoms with Crippen molar-refractivity contribution in [2.24, 2.45) is 11.8 Å². The number of hydrogen-bond donors (Lipinski definition) is 0. The molecule has 0 unspecified atom stereocenters. The van der Waals surface area contributed by atoms with Gasteiger partial charge in [0.05, 0.1) is 0 Å². The average molecular weight is 303 g/mol. The molecule has 0 heterocycles. The normalized spacial score (nSPS) is 28.9. The van der Waals surface area contributed by atoms with E-state index in [9.17, 15) is 0 Å². The molecule has 0 amide bonds. The summed E-state index contributed by atoms with van der Waals surface area (Å²) in [5, 5.41) is 0. The summed E-state index contributed by atoms with van der Waals surface area (Å²) < 4.78 is 0. The molecule has 0 bridgehead atoms. The van der Waals surface area contributed by atoms with Crippen LogP contribution in [0.3, 0.4) is 0 Å². The average Bonchev–Trinajstić information content (AvgIpc) is 1.77. The minimum atomic E-state index is 0. The monoisotopic (exact) mass is 303 g/mol. The van der Waals surface area contributed by atoms with Gasteiger partial charge in [-0.3, -0.25) is 0 Å². The van der Waals surface area contributed by atoms with Gasteiger partial charge in [0, 0.05) is 65.4 Å². The van der Waals surface area contributed by atoms with Gasteiger partial charge in [-0.1, -0.05) is 12.8 Å². The summed E-state index contributed by atoms with van der Waals surface area (Å²) in [4.78, 5) is 0. The van der Waals surface area contributed by atoms with Gasteiger partial charge in [-0.25, -0.2) is 0 Å². The van der Waals surface area contributed by atoms with Crippen LogP contribution in [-0.4, -0.2) is 0 Å². The van der Waals surface area contributed by atoms with E-state index in [1.54, 1.807) is 0 Å². The Bertz CT molecular complexity index is 56.0. The van der Waals surface area contributed by atoms with E-state index < -0.39 is 0 Å². The van der Waals surface area contributed by atoms with Crippen LogP contribution in [0.2, 0.25) is 0 Å². The first-order chi connectivity index (χ1) is 3.79. The SMILES string of the molecule is CC1[CH-]CC(C)C[CH-]1.[CH3-].[Y].[Y]. The standard InChI is InChI=1S/C8H14.CH3.2Y/c1-7-3-5-8(2)6-4-7;;;/h3-4,7-8H,5-6H2,1-2H3;1H3;;/q-2;-1;;. The third-order valence-corrected chi connectivity index (χ3v) is 1.82. The second-order valence-electron chi connectivity index (χ2n) is 2.91. The topological polar surface area (TPSA) is 0 Å². The van der Waals surface area contributed by atoms with Gasteiger partial charge in [0.1, 0.15) is 0 Å². The maximum absolute atomic E-state index is 2.40. The predicted molar refractivity (Wildman–Crippen MR) is 42.6 cm³/mol. The van der Waals surface area contributed by atoms with Gasteiger partial charge in [0.2, 0.25) is 0 Å². The van der Waals surface area contributed by atoms with Crippen LogP contribution in [0.1, 0.15) is 26.7 Å². The zero-order chi connectivity index (χ0) is 5.98. The Morgan fingerprint density at radius 2 is 1.36 bits per heavy atom. The van der Waals surface area contributed by atoms with Crippen molar-refractivity contribution in [3.8, 4) is 0 Å². The number of hydrogen-bond acceptors (Lipinski definition) is 0. The fourth-order valence-electron chi connectivity index (χ4n) is 1.09. The van der Waals surface area contributed by atoms with Crippen LogP contribution < -0.4 is 0 Å². The molecule has 0 aromatic carbocycles. The largest absolute Gasteiger partial charge is 0.358 e. The van der Waals surface area contributed by atoms with Crippen LogP contribution in [0.25, 0.3) is 0 Å². The summed E-state index contributed by atoms with van der Waals surface area (Å²) in [6.07, 6.45) is 7.43. The molecule has 0 saturated heterocycles. The maximum atomic E-state index is 2.40. The molecule has 1 rings (SSSR count). The zero-order valence-electron chi connectivity index (χ0n) is 7.88. The summed E-state index contributed by atoms with van der Waals surface area (Å²) in [5.74, 6) is 1.68. The van der Waals surface area contributed by atoms with Gasteiger partial charge >= 0.3 is 0 Å². The third-order valence-electron chi connectivity index (χ3n) is 1.82. The van der Waals surface area contributed by atoms with Crippen molar-refractivity contribution in [1.29, 1.82) is 0 Å². The van der Waals surface area contributed by atoms with E-state index in [1.165, 1.54) is 12.8 Å². The van der Waals surface area contributed by atoms with Crippen LogP contribution in [0.4, 0.5) is 0 Å². The first-order valence-corrected chi connectivity index (χ1v) is 3.45. The zero-order valence-corrected chi connectivity index (χ0v) is 13.6. The molecule has 2 radical (unpaired) electrons. The van der Waals surface area contributed by atoms with Crippen molar-refractivity contribution in [2.75, 3.05) is 0 Å². The van der Waals surface area contributed by atoms with Crippen molar-refractivity contribution in [2.45, 2.75) is 26.7 Å². The molecule has 0 aromatic heterocycles. The quantitative estimate of drug-likeness (QED) is 0.604. The van der Waals surface area contributed by atoms with Gasteiger partial charge in [0.15, 0.2) is 0 Å². The van der Waals surface area contributed by atoms with E-state index in [0.717, 1.165) is 11.8 Å². The maximum Gasteiger partial charge on any atom is 0 e. The molecule has 1 aliphatic rings. The Hall–Kier alpha value is 2.21. The summed E-state index contributed by atoms with van der Waals surface area (Å²) in [6.45, 7) is 4.56. The Balaban J connectivity index is -0.000000213. The molecule has 11 heavy (non-hydrogen) atoms. The van der Waals surface area contributed by atoms with Gasteiger partial charge in [0.25, 0.3) is 0 Å². The third kappa shape index (κ3) is 8.54. The molecular formula is C9H17Y2-3. The van der Waals surface area contributed by atoms with E-state index in [2.05, 4.69) is 26.7 Å². The van der Waals surface area contributed by atoms with Crippen molar-refractivity contribution < 1.29 is 65.4 Å². The molecule has 1 aliphatic carbocycles. The molecule has 1 fully saturated rings. The number of rotatable bonds is 0. The Labute approximate surface area is 122 Å². The summed E-state index contributed by atoms with van der Waals surface area (Å²) in [6, 6.07) is 0. The van der Waals surface area contributed by atoms with E-state index in [0.29, 0.717) is 0 Å². The first kappa shape index (κ1) is 18.9. The Morgan fingerprint density at radius 1 is 1.00 bits per heavy atom. The molecular weight excluding hydrogens is 286 g/mol. The van der Waals surface area contributed by atoms with Crippen LogP contribution in [0.15, 0.2) is 0 Å². The summed E-state index contributed by atoms with van der Waals surface area (Å²) >= 11 is 0. The van der Waals surface area contributed by atoms with Crippen molar-refractivity contribution in [3.63, 3.8) is 0 Å². The molecule has 2 heteroatoms. The van der Waals surface area contributed by atoms with Gasteiger partial charge in [-0.15, -0.1) is 6.92 Å². The van der Waals surface area contributed by atoms with Gasteiger partial charge in [-0.2, -0.15) is 12.8 Å². The second kappa shape index (κ2) is 10.3. The fourth-order valence-corrected chi connectivity index (χ4v) is 1.09. The molecule has 0 atom stereocenters. The fraction of sp³-hybridized carbons (Fsp3) is 0.667. The second-order valence-corrected chi connectivity index (χ2v) is 2.91. The Morgan fingerprint density at radius 3 is 1.64 bits per heavy atom. The van der Waals surface area contributed by atoms with Crippen LogP contribution in [0.5, 0.6) is 0 Å². The van der Waals surface area contributed by atoms with Gasteiger partial charge < -0.3 is 26.2 Å². The molecule has 0 spiro atoms. The minimum absolute atomic E-state index is 0. The Kier molecular flexibility index (Phi) is 17.7. The van der Waals surface area contributed by atoms with Crippen molar-refractivity contribution in [3.05, 3.63) is 20.3 Å². The van der Waals surface area contributed by atoms with Crippen molar-refractivity contribution >= 4 is 0 Å². The van der Waals surface area contributed by atoms with E-state index in [-0.39, 0.29) is 72.8 Å². The minimum Gasteiger partial charge on any atom is -0.358 e. The summed E-state index contributed by atoms with van der Waals surface area (Å²) in [7, 11) is 0. The van der Waals surface area contributed by atoms with Crippen LogP contribution in [0, 0.1) is 32.1 Å².